The number of ether oxygens (including phenoxy) is 1. The molecule has 0 aliphatic carbocycles. The highest BCUT2D eigenvalue weighted by Crippen LogP contribution is 2.31. The summed E-state index contributed by atoms with van der Waals surface area (Å²) >= 11 is 0. The van der Waals surface area contributed by atoms with Crippen LogP contribution in [0.3, 0.4) is 0 Å². The number of carbonyl (C=O) groups is 1. The van der Waals surface area contributed by atoms with Gasteiger partial charge in [-0.25, -0.2) is 0 Å². The van der Waals surface area contributed by atoms with Gasteiger partial charge in [-0.2, -0.15) is 0 Å². The summed E-state index contributed by atoms with van der Waals surface area (Å²) in [5, 5.41) is 0. The summed E-state index contributed by atoms with van der Waals surface area (Å²) in [6.45, 7) is 10.8. The van der Waals surface area contributed by atoms with E-state index in [9.17, 15) is 4.79 Å². The van der Waals surface area contributed by atoms with Crippen molar-refractivity contribution in [1.29, 1.82) is 0 Å². The predicted molar refractivity (Wildman–Crippen MR) is 108 cm³/mol. The van der Waals surface area contributed by atoms with Gasteiger partial charge in [0.2, 0.25) is 0 Å². The molecule has 5 nitrogen and oxygen atoms in total. The second kappa shape index (κ2) is 8.99. The molecule has 1 aliphatic rings. The molecule has 0 aromatic carbocycles. The van der Waals surface area contributed by atoms with Crippen LogP contribution in [0, 0.1) is 11.8 Å². The van der Waals surface area contributed by atoms with Crippen molar-refractivity contribution in [3.05, 3.63) is 48.3 Å². The number of furan rings is 2. The molecule has 0 saturated carbocycles. The van der Waals surface area contributed by atoms with E-state index < -0.39 is 0 Å². The van der Waals surface area contributed by atoms with Crippen LogP contribution in [0.5, 0.6) is 0 Å². The molecular weight excluding hydrogens is 354 g/mol. The van der Waals surface area contributed by atoms with Gasteiger partial charge in [0.25, 0.3) is 5.91 Å². The molecular formula is C23H33NO4. The molecule has 0 N–H and O–H groups in total. The third-order valence-electron chi connectivity index (χ3n) is 5.72. The average Bonchev–Trinajstić information content (AvgIpc) is 3.33. The molecule has 1 saturated heterocycles. The number of rotatable bonds is 8. The largest absolute Gasteiger partial charge is 0.469 e. The van der Waals surface area contributed by atoms with Crippen LogP contribution < -0.4 is 0 Å². The molecule has 2 atom stereocenters. The van der Waals surface area contributed by atoms with E-state index in [-0.39, 0.29) is 17.4 Å². The van der Waals surface area contributed by atoms with Gasteiger partial charge >= 0.3 is 0 Å². The number of amides is 1. The van der Waals surface area contributed by atoms with Gasteiger partial charge in [0.15, 0.2) is 5.76 Å². The summed E-state index contributed by atoms with van der Waals surface area (Å²) in [5.41, 5.74) is -0.128. The zero-order chi connectivity index (χ0) is 20.1. The van der Waals surface area contributed by atoms with Crippen LogP contribution in [0.4, 0.5) is 0 Å². The molecule has 0 bridgehead atoms. The summed E-state index contributed by atoms with van der Waals surface area (Å²) in [5.74, 6) is 2.53. The Morgan fingerprint density at radius 2 is 1.96 bits per heavy atom. The summed E-state index contributed by atoms with van der Waals surface area (Å²) in [6, 6.07) is 7.48. The average molecular weight is 388 g/mol. The molecule has 2 aromatic rings. The standard InChI is InChI=1S/C23H33NO4/c1-17(2)19(20-7-5-12-26-20)9-11-24(22(25)21-8-6-13-27-21)16-18-10-14-28-23(3,4)15-18/h5-8,12-13,17-19H,9-11,14-16H2,1-4H3/t18-,19+/m0/s1. The lowest BCUT2D eigenvalue weighted by Crippen LogP contribution is -2.42. The molecule has 3 heterocycles. The van der Waals surface area contributed by atoms with Crippen molar-refractivity contribution in [2.75, 3.05) is 19.7 Å². The lowest BCUT2D eigenvalue weighted by Gasteiger charge is -2.38. The fourth-order valence-corrected chi connectivity index (χ4v) is 4.26. The van der Waals surface area contributed by atoms with Crippen molar-refractivity contribution in [3.63, 3.8) is 0 Å². The van der Waals surface area contributed by atoms with Crippen LogP contribution in [0.25, 0.3) is 0 Å². The zero-order valence-electron chi connectivity index (χ0n) is 17.5. The van der Waals surface area contributed by atoms with Crippen LogP contribution in [-0.4, -0.2) is 36.1 Å². The Balaban J connectivity index is 1.71. The Bertz CT molecular complexity index is 718. The lowest BCUT2D eigenvalue weighted by atomic mass is 9.87. The second-order valence-corrected chi connectivity index (χ2v) is 8.85. The quantitative estimate of drug-likeness (QED) is 0.613. The molecule has 154 valence electrons. The molecule has 1 aliphatic heterocycles. The van der Waals surface area contributed by atoms with Crippen molar-refractivity contribution in [1.82, 2.24) is 4.90 Å². The van der Waals surface area contributed by atoms with E-state index in [1.54, 1.807) is 24.7 Å². The van der Waals surface area contributed by atoms with Gasteiger partial charge in [0.1, 0.15) is 5.76 Å². The number of hydrogen-bond acceptors (Lipinski definition) is 4. The molecule has 1 amide bonds. The number of hydrogen-bond donors (Lipinski definition) is 0. The maximum absolute atomic E-state index is 13.1. The summed E-state index contributed by atoms with van der Waals surface area (Å²) in [6.07, 6.45) is 6.09. The minimum Gasteiger partial charge on any atom is -0.469 e. The van der Waals surface area contributed by atoms with E-state index in [1.807, 2.05) is 17.0 Å². The smallest absolute Gasteiger partial charge is 0.289 e. The third-order valence-corrected chi connectivity index (χ3v) is 5.72. The van der Waals surface area contributed by atoms with Gasteiger partial charge in [-0.15, -0.1) is 0 Å². The summed E-state index contributed by atoms with van der Waals surface area (Å²) in [7, 11) is 0. The van der Waals surface area contributed by atoms with Crippen molar-refractivity contribution in [2.24, 2.45) is 11.8 Å². The molecule has 28 heavy (non-hydrogen) atoms. The number of nitrogens with zero attached hydrogens (tertiary/aromatic N) is 1. The van der Waals surface area contributed by atoms with Gasteiger partial charge in [-0.1, -0.05) is 13.8 Å². The van der Waals surface area contributed by atoms with Crippen molar-refractivity contribution < 1.29 is 18.4 Å². The molecule has 5 heteroatoms. The first kappa shape index (κ1) is 20.7. The van der Waals surface area contributed by atoms with E-state index in [1.165, 1.54) is 0 Å². The maximum Gasteiger partial charge on any atom is 0.289 e. The van der Waals surface area contributed by atoms with E-state index in [0.29, 0.717) is 24.1 Å². The first-order valence-electron chi connectivity index (χ1n) is 10.4. The van der Waals surface area contributed by atoms with Crippen LogP contribution in [0.2, 0.25) is 0 Å². The van der Waals surface area contributed by atoms with Gasteiger partial charge < -0.3 is 18.5 Å². The highest BCUT2D eigenvalue weighted by Gasteiger charge is 2.32. The minimum atomic E-state index is -0.128. The van der Waals surface area contributed by atoms with E-state index in [0.717, 1.165) is 38.2 Å². The van der Waals surface area contributed by atoms with Crippen LogP contribution in [0.1, 0.15) is 69.2 Å². The predicted octanol–water partition coefficient (Wildman–Crippen LogP) is 5.35. The highest BCUT2D eigenvalue weighted by atomic mass is 16.5. The monoisotopic (exact) mass is 387 g/mol. The molecule has 1 fully saturated rings. The zero-order valence-corrected chi connectivity index (χ0v) is 17.5. The maximum atomic E-state index is 13.1. The van der Waals surface area contributed by atoms with Crippen LogP contribution in [-0.2, 0) is 4.74 Å². The molecule has 0 spiro atoms. The summed E-state index contributed by atoms with van der Waals surface area (Å²) < 4.78 is 16.9. The Labute approximate surface area is 168 Å². The summed E-state index contributed by atoms with van der Waals surface area (Å²) in [4.78, 5) is 15.0. The second-order valence-electron chi connectivity index (χ2n) is 8.85. The first-order chi connectivity index (χ1) is 13.4. The topological polar surface area (TPSA) is 55.8 Å². The van der Waals surface area contributed by atoms with Crippen molar-refractivity contribution in [3.8, 4) is 0 Å². The first-order valence-corrected chi connectivity index (χ1v) is 10.4. The molecule has 3 rings (SSSR count). The fourth-order valence-electron chi connectivity index (χ4n) is 4.26. The van der Waals surface area contributed by atoms with Gasteiger partial charge in [-0.05, 0) is 69.2 Å². The minimum absolute atomic E-state index is 0.0313. The highest BCUT2D eigenvalue weighted by molar-refractivity contribution is 5.91. The Morgan fingerprint density at radius 1 is 1.21 bits per heavy atom. The third kappa shape index (κ3) is 5.28. The van der Waals surface area contributed by atoms with Crippen LogP contribution in [0.15, 0.2) is 45.6 Å². The fraction of sp³-hybridized carbons (Fsp3) is 0.609. The van der Waals surface area contributed by atoms with Crippen molar-refractivity contribution in [2.45, 2.75) is 58.5 Å². The normalized spacial score (nSPS) is 20.2. The van der Waals surface area contributed by atoms with Crippen molar-refractivity contribution >= 4 is 5.91 Å². The van der Waals surface area contributed by atoms with E-state index in [2.05, 4.69) is 27.7 Å². The Morgan fingerprint density at radius 3 is 2.57 bits per heavy atom. The molecule has 2 aromatic heterocycles. The Hall–Kier alpha value is -2.01. The molecule has 0 radical (unpaired) electrons. The lowest BCUT2D eigenvalue weighted by molar-refractivity contribution is -0.0758. The molecule has 0 unspecified atom stereocenters. The van der Waals surface area contributed by atoms with E-state index in [4.69, 9.17) is 13.6 Å². The van der Waals surface area contributed by atoms with Gasteiger partial charge in [-0.3, -0.25) is 4.79 Å². The SMILES string of the molecule is CC(C)[C@@H](CCN(C[C@H]1CCOC(C)(C)C1)C(=O)c1ccco1)c1ccco1. The number of carbonyl (C=O) groups excluding carboxylic acids is 1. The Kier molecular flexibility index (Phi) is 6.65. The van der Waals surface area contributed by atoms with Crippen LogP contribution >= 0.6 is 0 Å². The van der Waals surface area contributed by atoms with E-state index >= 15 is 0 Å². The van der Waals surface area contributed by atoms with Gasteiger partial charge in [0, 0.05) is 25.6 Å². The van der Waals surface area contributed by atoms with Gasteiger partial charge in [0.05, 0.1) is 18.1 Å².